The van der Waals surface area contributed by atoms with Gasteiger partial charge in [-0.05, 0) is 117 Å². The summed E-state index contributed by atoms with van der Waals surface area (Å²) in [7, 11) is 0.953. The molecule has 0 aliphatic rings. The van der Waals surface area contributed by atoms with Gasteiger partial charge in [0.05, 0.1) is 12.3 Å². The van der Waals surface area contributed by atoms with Gasteiger partial charge in [0, 0.05) is 23.7 Å². The Labute approximate surface area is 341 Å². The molecule has 0 aromatic heterocycles. The van der Waals surface area contributed by atoms with Gasteiger partial charge in [0.25, 0.3) is 0 Å². The smallest absolute Gasteiger partial charge is 0.186 e. The highest BCUT2D eigenvalue weighted by molar-refractivity contribution is 8.02. The summed E-state index contributed by atoms with van der Waals surface area (Å²) in [4.78, 5) is 11.2. The van der Waals surface area contributed by atoms with Crippen LogP contribution < -0.4 is 0 Å². The van der Waals surface area contributed by atoms with Crippen molar-refractivity contribution in [3.8, 4) is 0 Å². The zero-order valence-corrected chi connectivity index (χ0v) is 42.0. The molecule has 0 radical (unpaired) electrons. The fourth-order valence-corrected chi connectivity index (χ4v) is 13.9. The first-order valence-electron chi connectivity index (χ1n) is 22.8. The molecule has 2 unspecified atom stereocenters. The molecule has 0 fully saturated rings. The van der Waals surface area contributed by atoms with E-state index < -0.39 is 16.6 Å². The second-order valence-corrected chi connectivity index (χ2v) is 28.5. The highest BCUT2D eigenvalue weighted by Gasteiger charge is 2.49. The third-order valence-corrected chi connectivity index (χ3v) is 19.8. The molecule has 0 heterocycles. The molecule has 0 aromatic carbocycles. The summed E-state index contributed by atoms with van der Waals surface area (Å²) in [6.07, 6.45) is 19.6. The van der Waals surface area contributed by atoms with Gasteiger partial charge >= 0.3 is 0 Å². The molecule has 0 rings (SSSR count). The van der Waals surface area contributed by atoms with Gasteiger partial charge in [-0.25, -0.2) is 0 Å². The van der Waals surface area contributed by atoms with E-state index in [-0.39, 0.29) is 9.49 Å². The van der Waals surface area contributed by atoms with Gasteiger partial charge < -0.3 is 8.85 Å². The minimum absolute atomic E-state index is 0.109. The van der Waals surface area contributed by atoms with E-state index in [2.05, 4.69) is 127 Å². The Kier molecular flexibility index (Phi) is 29.2. The molecule has 2 atom stereocenters. The highest BCUT2D eigenvalue weighted by Crippen LogP contribution is 2.50. The zero-order chi connectivity index (χ0) is 40.6. The lowest BCUT2D eigenvalue weighted by atomic mass is 9.94. The summed E-state index contributed by atoms with van der Waals surface area (Å²) in [5.74, 6) is 0. The van der Waals surface area contributed by atoms with E-state index in [4.69, 9.17) is 8.85 Å². The Bertz CT molecular complexity index is 778. The molecule has 0 aliphatic carbocycles. The highest BCUT2D eigenvalue weighted by atomic mass is 32.2. The van der Waals surface area contributed by atoms with Crippen molar-refractivity contribution in [3.05, 3.63) is 0 Å². The lowest BCUT2D eigenvalue weighted by molar-refractivity contribution is 0.0169. The van der Waals surface area contributed by atoms with Crippen LogP contribution in [-0.4, -0.2) is 125 Å². The van der Waals surface area contributed by atoms with Gasteiger partial charge in [-0.3, -0.25) is 19.6 Å². The molecule has 0 aliphatic heterocycles. The first-order chi connectivity index (χ1) is 25.1. The number of thioether (sulfide) groups is 1. The third kappa shape index (κ3) is 19.7. The van der Waals surface area contributed by atoms with Crippen LogP contribution in [0, 0.1) is 0 Å². The molecule has 0 saturated heterocycles. The van der Waals surface area contributed by atoms with E-state index in [0.29, 0.717) is 12.3 Å². The second-order valence-electron chi connectivity index (χ2n) is 17.5. The summed E-state index contributed by atoms with van der Waals surface area (Å²) < 4.78 is 11.9. The molecule has 0 bridgehead atoms. The summed E-state index contributed by atoms with van der Waals surface area (Å²) in [5.41, 5.74) is 0. The minimum atomic E-state index is -1.44. The van der Waals surface area contributed by atoms with E-state index >= 15 is 0 Å². The van der Waals surface area contributed by atoms with Crippen LogP contribution >= 0.6 is 11.8 Å². The first-order valence-corrected chi connectivity index (χ1v) is 29.9. The topological polar surface area (TPSA) is 31.4 Å². The van der Waals surface area contributed by atoms with Crippen molar-refractivity contribution in [1.82, 2.24) is 19.6 Å². The Morgan fingerprint density at radius 3 is 0.868 bits per heavy atom. The Morgan fingerprint density at radius 2 is 0.642 bits per heavy atom. The average molecular weight is 804 g/mol. The maximum absolute atomic E-state index is 5.82. The third-order valence-electron chi connectivity index (χ3n) is 12.7. The lowest BCUT2D eigenvalue weighted by Crippen LogP contribution is -2.64. The fraction of sp³-hybridized carbons (Fsp3) is 1.00. The molecule has 53 heavy (non-hydrogen) atoms. The van der Waals surface area contributed by atoms with Crippen molar-refractivity contribution in [3.63, 3.8) is 0 Å². The summed E-state index contributed by atoms with van der Waals surface area (Å²) in [6.45, 7) is 42.8. The van der Waals surface area contributed by atoms with E-state index in [1.54, 1.807) is 0 Å². The standard InChI is InChI=1S/C44H98N4O2SSi2/c1-17-45(18-2)41(46(19-3)20-4)43(9,37-33-29-25-27-31-35-39-52(13,14)49-11)51-44(10,42(47(21-5)22-6)48(23-7)24-8)38-34-30-26-28-32-36-40-53(15,16)50-12/h41-42H,17-40H2,1-16H3. The normalized spacial score (nSPS) is 15.5. The van der Waals surface area contributed by atoms with Crippen LogP contribution in [0.1, 0.15) is 159 Å². The van der Waals surface area contributed by atoms with Crippen molar-refractivity contribution in [2.75, 3.05) is 66.6 Å². The van der Waals surface area contributed by atoms with Gasteiger partial charge in [-0.1, -0.05) is 132 Å². The maximum atomic E-state index is 5.82. The number of nitrogens with zero attached hydrogens (tertiary/aromatic N) is 4. The first kappa shape index (κ1) is 53.5. The van der Waals surface area contributed by atoms with Crippen LogP contribution in [0.25, 0.3) is 0 Å². The monoisotopic (exact) mass is 803 g/mol. The Morgan fingerprint density at radius 1 is 0.415 bits per heavy atom. The number of hydrogen-bond donors (Lipinski definition) is 0. The molecule has 6 nitrogen and oxygen atoms in total. The summed E-state index contributed by atoms with van der Waals surface area (Å²) in [5, 5.41) is 0. The van der Waals surface area contributed by atoms with Crippen molar-refractivity contribution in [2.45, 2.75) is 219 Å². The molecule has 0 saturated carbocycles. The predicted molar refractivity (Wildman–Crippen MR) is 247 cm³/mol. The van der Waals surface area contributed by atoms with E-state index in [9.17, 15) is 0 Å². The zero-order valence-electron chi connectivity index (χ0n) is 39.1. The van der Waals surface area contributed by atoms with E-state index in [0.717, 1.165) is 52.4 Å². The van der Waals surface area contributed by atoms with Crippen LogP contribution in [0.3, 0.4) is 0 Å². The number of unbranched alkanes of at least 4 members (excludes halogenated alkanes) is 10. The molecule has 320 valence electrons. The van der Waals surface area contributed by atoms with Crippen LogP contribution in [-0.2, 0) is 8.85 Å². The van der Waals surface area contributed by atoms with Gasteiger partial charge in [0.15, 0.2) is 16.6 Å². The quantitative estimate of drug-likeness (QED) is 0.0354. The Hall–Kier alpha value is 0.544. The van der Waals surface area contributed by atoms with Gasteiger partial charge in [-0.15, -0.1) is 11.8 Å². The van der Waals surface area contributed by atoms with Gasteiger partial charge in [0.2, 0.25) is 0 Å². The summed E-state index contributed by atoms with van der Waals surface area (Å²) in [6, 6.07) is 2.58. The van der Waals surface area contributed by atoms with Crippen LogP contribution in [0.5, 0.6) is 0 Å². The minimum Gasteiger partial charge on any atom is -0.420 e. The van der Waals surface area contributed by atoms with Crippen molar-refractivity contribution >= 4 is 28.4 Å². The SMILES string of the molecule is CCN(CC)C(N(CC)CC)C(C)(CCCCCCCC[Si](C)(C)OC)SC(C)(CCCCCCCC[Si](C)(C)OC)C(N(CC)CC)N(CC)CC. The van der Waals surface area contributed by atoms with Crippen molar-refractivity contribution in [1.29, 1.82) is 0 Å². The van der Waals surface area contributed by atoms with Crippen molar-refractivity contribution in [2.24, 2.45) is 0 Å². The fourth-order valence-electron chi connectivity index (χ4n) is 8.95. The molecule has 0 aromatic rings. The molecule has 9 heteroatoms. The molecular weight excluding hydrogens is 705 g/mol. The molecule has 0 spiro atoms. The largest absolute Gasteiger partial charge is 0.420 e. The van der Waals surface area contributed by atoms with Crippen molar-refractivity contribution < 1.29 is 8.85 Å². The molecule has 0 amide bonds. The second kappa shape index (κ2) is 28.9. The maximum Gasteiger partial charge on any atom is 0.186 e. The molecule has 0 N–H and O–H groups in total. The molecular formula is C44H98N4O2SSi2. The number of rotatable bonds is 36. The van der Waals surface area contributed by atoms with Crippen LogP contribution in [0.4, 0.5) is 0 Å². The average Bonchev–Trinajstić information content (AvgIpc) is 3.14. The Balaban J connectivity index is 6.52. The van der Waals surface area contributed by atoms with Crippen LogP contribution in [0.15, 0.2) is 0 Å². The number of hydrogen-bond acceptors (Lipinski definition) is 7. The van der Waals surface area contributed by atoms with Gasteiger partial charge in [0.1, 0.15) is 0 Å². The predicted octanol–water partition coefficient (Wildman–Crippen LogP) is 12.4. The van der Waals surface area contributed by atoms with Crippen LogP contribution in [0.2, 0.25) is 38.3 Å². The lowest BCUT2D eigenvalue weighted by Gasteiger charge is -2.55. The van der Waals surface area contributed by atoms with Gasteiger partial charge in [-0.2, -0.15) is 0 Å². The van der Waals surface area contributed by atoms with E-state index in [1.807, 2.05) is 14.2 Å². The summed E-state index contributed by atoms with van der Waals surface area (Å²) >= 11 is 2.42. The van der Waals surface area contributed by atoms with E-state index in [1.165, 1.54) is 102 Å².